The van der Waals surface area contributed by atoms with E-state index in [9.17, 15) is 4.79 Å². The van der Waals surface area contributed by atoms with Gasteiger partial charge in [-0.25, -0.2) is 19.3 Å². The topological polar surface area (TPSA) is 109 Å². The normalized spacial score (nSPS) is 9.87. The highest BCUT2D eigenvalue weighted by atomic mass is 16.1. The van der Waals surface area contributed by atoms with E-state index in [2.05, 4.69) is 25.8 Å². The van der Waals surface area contributed by atoms with Crippen LogP contribution in [0.5, 0.6) is 0 Å². The Hall–Kier alpha value is -3.73. The lowest BCUT2D eigenvalue weighted by Gasteiger charge is -2.09. The highest BCUT2D eigenvalue weighted by molar-refractivity contribution is 5.47. The summed E-state index contributed by atoms with van der Waals surface area (Å²) in [5.41, 5.74) is 6.09. The minimum absolute atomic E-state index is 0.115. The third kappa shape index (κ3) is 3.14. The second-order valence-corrected chi connectivity index (χ2v) is 4.43. The number of aromatic nitrogens is 4. The van der Waals surface area contributed by atoms with Crippen LogP contribution in [0.25, 0.3) is 5.82 Å². The van der Waals surface area contributed by atoms with E-state index < -0.39 is 5.69 Å². The minimum Gasteiger partial charge on any atom is -0.298 e. The summed E-state index contributed by atoms with van der Waals surface area (Å²) in [4.78, 5) is 24.0. The largest absolute Gasteiger partial charge is 0.357 e. The maximum atomic E-state index is 12.1. The Morgan fingerprint density at radius 2 is 1.87 bits per heavy atom. The third-order valence-corrected chi connectivity index (χ3v) is 2.93. The van der Waals surface area contributed by atoms with E-state index in [4.69, 9.17) is 5.26 Å². The van der Waals surface area contributed by atoms with E-state index >= 15 is 0 Å². The summed E-state index contributed by atoms with van der Waals surface area (Å²) in [5.74, 6) is 0.312. The molecule has 2 N–H and O–H groups in total. The van der Waals surface area contributed by atoms with Gasteiger partial charge in [0.25, 0.3) is 0 Å². The highest BCUT2D eigenvalue weighted by Gasteiger charge is 2.09. The smallest absolute Gasteiger partial charge is 0.298 e. The first kappa shape index (κ1) is 14.2. The van der Waals surface area contributed by atoms with Gasteiger partial charge in [0.15, 0.2) is 5.82 Å². The van der Waals surface area contributed by atoms with Crippen molar-refractivity contribution in [1.29, 1.82) is 5.26 Å². The predicted molar refractivity (Wildman–Crippen MR) is 83.8 cm³/mol. The molecule has 0 fully saturated rings. The fraction of sp³-hybridized carbons (Fsp3) is 0. The van der Waals surface area contributed by atoms with Crippen LogP contribution in [0.3, 0.4) is 0 Å². The zero-order valence-corrected chi connectivity index (χ0v) is 11.8. The second-order valence-electron chi connectivity index (χ2n) is 4.43. The maximum absolute atomic E-state index is 12.1. The molecule has 1 aromatic carbocycles. The van der Waals surface area contributed by atoms with Crippen LogP contribution in [0.1, 0.15) is 5.56 Å². The fourth-order valence-electron chi connectivity index (χ4n) is 1.87. The molecule has 112 valence electrons. The molecule has 2 heterocycles. The molecule has 0 aliphatic heterocycles. The van der Waals surface area contributed by atoms with Crippen LogP contribution >= 0.6 is 0 Å². The summed E-state index contributed by atoms with van der Waals surface area (Å²) in [6, 6.07) is 14.5. The molecule has 23 heavy (non-hydrogen) atoms. The van der Waals surface area contributed by atoms with Crippen molar-refractivity contribution in [3.63, 3.8) is 0 Å². The zero-order valence-electron chi connectivity index (χ0n) is 11.8. The molecule has 0 amide bonds. The highest BCUT2D eigenvalue weighted by Crippen LogP contribution is 2.08. The van der Waals surface area contributed by atoms with Crippen LogP contribution in [0.4, 0.5) is 11.6 Å². The van der Waals surface area contributed by atoms with E-state index in [-0.39, 0.29) is 17.3 Å². The Morgan fingerprint density at radius 1 is 1.04 bits per heavy atom. The summed E-state index contributed by atoms with van der Waals surface area (Å²) >= 11 is 0. The summed E-state index contributed by atoms with van der Waals surface area (Å²) < 4.78 is 1.12. The van der Waals surface area contributed by atoms with Crippen molar-refractivity contribution in [2.75, 3.05) is 10.9 Å². The Morgan fingerprint density at radius 3 is 2.61 bits per heavy atom. The van der Waals surface area contributed by atoms with Crippen molar-refractivity contribution in [2.24, 2.45) is 0 Å². The van der Waals surface area contributed by atoms with Gasteiger partial charge in [0, 0.05) is 6.20 Å². The van der Waals surface area contributed by atoms with Gasteiger partial charge in [-0.2, -0.15) is 10.2 Å². The van der Waals surface area contributed by atoms with Gasteiger partial charge in [0.1, 0.15) is 12.4 Å². The number of anilines is 2. The number of benzene rings is 1. The number of nitrogens with zero attached hydrogens (tertiary/aromatic N) is 5. The van der Waals surface area contributed by atoms with E-state index in [1.165, 1.54) is 12.5 Å². The number of hydrogen-bond donors (Lipinski definition) is 2. The van der Waals surface area contributed by atoms with Crippen molar-refractivity contribution in [2.45, 2.75) is 0 Å². The molecule has 2 aromatic heterocycles. The molecule has 3 rings (SSSR count). The third-order valence-electron chi connectivity index (χ3n) is 2.93. The summed E-state index contributed by atoms with van der Waals surface area (Å²) in [5, 5.41) is 9.07. The number of nitrogens with one attached hydrogen (secondary N) is 2. The second kappa shape index (κ2) is 6.36. The van der Waals surface area contributed by atoms with Crippen LogP contribution in [-0.4, -0.2) is 19.5 Å². The summed E-state index contributed by atoms with van der Waals surface area (Å²) in [6.07, 6.45) is 2.76. The van der Waals surface area contributed by atoms with Crippen LogP contribution < -0.4 is 16.5 Å². The summed E-state index contributed by atoms with van der Waals surface area (Å²) in [7, 11) is 0. The van der Waals surface area contributed by atoms with Crippen LogP contribution in [0.15, 0.2) is 59.8 Å². The zero-order chi connectivity index (χ0) is 16.1. The quantitative estimate of drug-likeness (QED) is 0.700. The fourth-order valence-corrected chi connectivity index (χ4v) is 1.87. The number of para-hydroxylation sites is 1. The SMILES string of the molecule is N#Cc1cccnc1-n1cnc(NNc2ccccc2)nc1=O. The molecule has 0 radical (unpaired) electrons. The van der Waals surface area contributed by atoms with E-state index in [1.54, 1.807) is 12.1 Å². The standard InChI is InChI=1S/C15H11N7O/c16-9-11-5-4-8-17-13(11)22-10-18-14(19-15(22)23)21-20-12-6-2-1-3-7-12/h1-8,10,20H,(H,19,21,23). The van der Waals surface area contributed by atoms with Gasteiger partial charge in [-0.05, 0) is 24.3 Å². The molecule has 0 saturated carbocycles. The molecule has 0 aliphatic carbocycles. The predicted octanol–water partition coefficient (Wildman–Crippen LogP) is 1.33. The van der Waals surface area contributed by atoms with E-state index in [0.29, 0.717) is 0 Å². The lowest BCUT2D eigenvalue weighted by Crippen LogP contribution is -2.26. The molecule has 0 atom stereocenters. The van der Waals surface area contributed by atoms with E-state index in [0.717, 1.165) is 10.3 Å². The van der Waals surface area contributed by atoms with Gasteiger partial charge in [-0.3, -0.25) is 10.9 Å². The Kier molecular flexibility index (Phi) is 3.93. The van der Waals surface area contributed by atoms with Crippen molar-refractivity contribution in [1.82, 2.24) is 19.5 Å². The molecule has 0 unspecified atom stereocenters. The first-order valence-corrected chi connectivity index (χ1v) is 6.66. The summed E-state index contributed by atoms with van der Waals surface area (Å²) in [6.45, 7) is 0. The maximum Gasteiger partial charge on any atom is 0.357 e. The van der Waals surface area contributed by atoms with Gasteiger partial charge >= 0.3 is 5.69 Å². The first-order chi connectivity index (χ1) is 11.3. The monoisotopic (exact) mass is 305 g/mol. The van der Waals surface area contributed by atoms with E-state index in [1.807, 2.05) is 36.4 Å². The Bertz CT molecular complexity index is 915. The number of pyridine rings is 1. The molecule has 0 bridgehead atoms. The molecule has 3 aromatic rings. The molecule has 0 aliphatic rings. The van der Waals surface area contributed by atoms with Crippen molar-refractivity contribution in [3.8, 4) is 11.9 Å². The van der Waals surface area contributed by atoms with Gasteiger partial charge in [0.05, 0.1) is 11.3 Å². The molecular weight excluding hydrogens is 294 g/mol. The molecule has 0 saturated heterocycles. The molecule has 0 spiro atoms. The van der Waals surface area contributed by atoms with Crippen LogP contribution in [0.2, 0.25) is 0 Å². The molecular formula is C15H11N7O. The van der Waals surface area contributed by atoms with Gasteiger partial charge in [-0.15, -0.1) is 0 Å². The van der Waals surface area contributed by atoms with Gasteiger partial charge < -0.3 is 0 Å². The molecule has 8 nitrogen and oxygen atoms in total. The average Bonchev–Trinajstić information content (AvgIpc) is 2.61. The average molecular weight is 305 g/mol. The number of rotatable bonds is 4. The number of nitriles is 1. The van der Waals surface area contributed by atoms with Crippen molar-refractivity contribution in [3.05, 3.63) is 71.0 Å². The Labute approximate surface area is 131 Å². The van der Waals surface area contributed by atoms with Crippen molar-refractivity contribution < 1.29 is 0 Å². The lowest BCUT2D eigenvalue weighted by atomic mass is 10.3. The van der Waals surface area contributed by atoms with Crippen molar-refractivity contribution >= 4 is 11.6 Å². The van der Waals surface area contributed by atoms with Gasteiger partial charge in [-0.1, -0.05) is 18.2 Å². The lowest BCUT2D eigenvalue weighted by molar-refractivity contribution is 0.835. The van der Waals surface area contributed by atoms with Crippen LogP contribution in [-0.2, 0) is 0 Å². The van der Waals surface area contributed by atoms with Crippen LogP contribution in [0, 0.1) is 11.3 Å². The Balaban J connectivity index is 1.84. The first-order valence-electron chi connectivity index (χ1n) is 6.66. The number of hydrazine groups is 1. The van der Waals surface area contributed by atoms with Gasteiger partial charge in [0.2, 0.25) is 5.95 Å². The minimum atomic E-state index is -0.590. The molecule has 8 heteroatoms. The number of hydrogen-bond acceptors (Lipinski definition) is 7.